The van der Waals surface area contributed by atoms with Gasteiger partial charge in [0.15, 0.2) is 0 Å². The first-order valence-electron chi connectivity index (χ1n) is 7.21. The Hall–Kier alpha value is -1.78. The highest BCUT2D eigenvalue weighted by molar-refractivity contribution is 7.18. The maximum Gasteiger partial charge on any atom is 0.0983 e. The molecule has 3 nitrogen and oxygen atoms in total. The Bertz CT molecular complexity index is 700. The minimum absolute atomic E-state index is 0.484. The SMILES string of the molecule is CC(C)NCc1cncc(Cc2nc3ccccc3s2)c1. The first-order chi connectivity index (χ1) is 10.2. The second-order valence-corrected chi connectivity index (χ2v) is 6.60. The summed E-state index contributed by atoms with van der Waals surface area (Å²) >= 11 is 1.76. The second-order valence-electron chi connectivity index (χ2n) is 5.49. The molecule has 0 spiro atoms. The molecule has 0 aliphatic carbocycles. The summed E-state index contributed by atoms with van der Waals surface area (Å²) in [4.78, 5) is 9.04. The van der Waals surface area contributed by atoms with E-state index in [9.17, 15) is 0 Å². The van der Waals surface area contributed by atoms with Crippen molar-refractivity contribution in [2.75, 3.05) is 0 Å². The smallest absolute Gasteiger partial charge is 0.0983 e. The van der Waals surface area contributed by atoms with Gasteiger partial charge in [-0.15, -0.1) is 11.3 Å². The van der Waals surface area contributed by atoms with Crippen LogP contribution in [0.1, 0.15) is 30.0 Å². The van der Waals surface area contributed by atoms with Crippen LogP contribution in [0.15, 0.2) is 42.7 Å². The highest BCUT2D eigenvalue weighted by atomic mass is 32.1. The fraction of sp³-hybridized carbons (Fsp3) is 0.294. The average Bonchev–Trinajstić information content (AvgIpc) is 2.87. The second kappa shape index (κ2) is 6.33. The fourth-order valence-electron chi connectivity index (χ4n) is 2.23. The Morgan fingerprint density at radius 3 is 2.76 bits per heavy atom. The van der Waals surface area contributed by atoms with E-state index in [-0.39, 0.29) is 0 Å². The standard InChI is InChI=1S/C17H19N3S/c1-12(2)19-11-14-7-13(9-18-10-14)8-17-20-15-5-3-4-6-16(15)21-17/h3-7,9-10,12,19H,8,11H2,1-2H3. The van der Waals surface area contributed by atoms with Crippen molar-refractivity contribution in [3.05, 3.63) is 58.9 Å². The summed E-state index contributed by atoms with van der Waals surface area (Å²) in [6.45, 7) is 5.16. The number of pyridine rings is 1. The van der Waals surface area contributed by atoms with Gasteiger partial charge >= 0.3 is 0 Å². The van der Waals surface area contributed by atoms with Gasteiger partial charge in [-0.2, -0.15) is 0 Å². The predicted octanol–water partition coefficient (Wildman–Crippen LogP) is 3.78. The molecule has 2 aromatic heterocycles. The maximum absolute atomic E-state index is 4.69. The van der Waals surface area contributed by atoms with Crippen LogP contribution in [0.5, 0.6) is 0 Å². The van der Waals surface area contributed by atoms with Gasteiger partial charge in [0.05, 0.1) is 15.2 Å². The lowest BCUT2D eigenvalue weighted by Gasteiger charge is -2.08. The van der Waals surface area contributed by atoms with E-state index in [2.05, 4.69) is 53.4 Å². The van der Waals surface area contributed by atoms with Crippen LogP contribution in [-0.4, -0.2) is 16.0 Å². The summed E-state index contributed by atoms with van der Waals surface area (Å²) in [6.07, 6.45) is 4.71. The number of fused-ring (bicyclic) bond motifs is 1. The zero-order valence-corrected chi connectivity index (χ0v) is 13.2. The lowest BCUT2D eigenvalue weighted by molar-refractivity contribution is 0.587. The normalized spacial score (nSPS) is 11.4. The van der Waals surface area contributed by atoms with Gasteiger partial charge in [-0.05, 0) is 23.3 Å². The summed E-state index contributed by atoms with van der Waals surface area (Å²) in [7, 11) is 0. The molecule has 0 amide bonds. The molecule has 108 valence electrons. The Kier molecular flexibility index (Phi) is 4.27. The Morgan fingerprint density at radius 2 is 1.95 bits per heavy atom. The molecule has 0 atom stereocenters. The molecule has 3 aromatic rings. The van der Waals surface area contributed by atoms with Gasteiger partial charge in [0, 0.05) is 31.4 Å². The number of para-hydroxylation sites is 1. The van der Waals surface area contributed by atoms with Crippen LogP contribution in [0.3, 0.4) is 0 Å². The molecule has 0 aliphatic heterocycles. The highest BCUT2D eigenvalue weighted by Crippen LogP contribution is 2.23. The Balaban J connectivity index is 1.76. The van der Waals surface area contributed by atoms with E-state index in [0.29, 0.717) is 6.04 Å². The first-order valence-corrected chi connectivity index (χ1v) is 8.03. The van der Waals surface area contributed by atoms with E-state index in [0.717, 1.165) is 23.5 Å². The van der Waals surface area contributed by atoms with Crippen LogP contribution < -0.4 is 5.32 Å². The monoisotopic (exact) mass is 297 g/mol. The zero-order valence-electron chi connectivity index (χ0n) is 12.3. The van der Waals surface area contributed by atoms with Crippen LogP contribution >= 0.6 is 11.3 Å². The van der Waals surface area contributed by atoms with Crippen LogP contribution in [-0.2, 0) is 13.0 Å². The average molecular weight is 297 g/mol. The topological polar surface area (TPSA) is 37.8 Å². The summed E-state index contributed by atoms with van der Waals surface area (Å²) in [6, 6.07) is 11.0. The van der Waals surface area contributed by atoms with E-state index in [1.165, 1.54) is 15.8 Å². The van der Waals surface area contributed by atoms with Gasteiger partial charge in [0.25, 0.3) is 0 Å². The minimum Gasteiger partial charge on any atom is -0.310 e. The van der Waals surface area contributed by atoms with Crippen molar-refractivity contribution in [1.29, 1.82) is 0 Å². The third-order valence-corrected chi connectivity index (χ3v) is 4.30. The van der Waals surface area contributed by atoms with Gasteiger partial charge in [-0.3, -0.25) is 4.98 Å². The van der Waals surface area contributed by atoms with Gasteiger partial charge in [0.2, 0.25) is 0 Å². The van der Waals surface area contributed by atoms with Crippen molar-refractivity contribution in [1.82, 2.24) is 15.3 Å². The van der Waals surface area contributed by atoms with Crippen molar-refractivity contribution < 1.29 is 0 Å². The molecule has 0 fully saturated rings. The van der Waals surface area contributed by atoms with Crippen LogP contribution in [0.4, 0.5) is 0 Å². The quantitative estimate of drug-likeness (QED) is 0.779. The fourth-order valence-corrected chi connectivity index (χ4v) is 3.23. The van der Waals surface area contributed by atoms with Gasteiger partial charge in [-0.25, -0.2) is 4.98 Å². The molecular weight excluding hydrogens is 278 g/mol. The lowest BCUT2D eigenvalue weighted by Crippen LogP contribution is -2.21. The van der Waals surface area contributed by atoms with Gasteiger partial charge in [-0.1, -0.05) is 32.0 Å². The third kappa shape index (κ3) is 3.65. The van der Waals surface area contributed by atoms with E-state index in [1.807, 2.05) is 18.5 Å². The molecule has 0 saturated carbocycles. The molecule has 0 unspecified atom stereocenters. The molecular formula is C17H19N3S. The molecule has 4 heteroatoms. The van der Waals surface area contributed by atoms with Crippen LogP contribution in [0, 0.1) is 0 Å². The van der Waals surface area contributed by atoms with Gasteiger partial charge < -0.3 is 5.32 Å². The predicted molar refractivity (Wildman–Crippen MR) is 88.6 cm³/mol. The number of aromatic nitrogens is 2. The Morgan fingerprint density at radius 1 is 1.14 bits per heavy atom. The molecule has 0 bridgehead atoms. The largest absolute Gasteiger partial charge is 0.310 e. The number of hydrogen-bond acceptors (Lipinski definition) is 4. The number of thiazole rings is 1. The van der Waals surface area contributed by atoms with Crippen molar-refractivity contribution in [2.24, 2.45) is 0 Å². The summed E-state index contributed by atoms with van der Waals surface area (Å²) in [5.74, 6) is 0. The zero-order chi connectivity index (χ0) is 14.7. The molecule has 2 heterocycles. The molecule has 3 rings (SSSR count). The summed E-state index contributed by atoms with van der Waals surface area (Å²) in [5, 5.41) is 4.57. The van der Waals surface area contributed by atoms with E-state index in [4.69, 9.17) is 0 Å². The minimum atomic E-state index is 0.484. The molecule has 1 N–H and O–H groups in total. The van der Waals surface area contributed by atoms with Gasteiger partial charge in [0.1, 0.15) is 0 Å². The number of hydrogen-bond donors (Lipinski definition) is 1. The maximum atomic E-state index is 4.69. The third-order valence-electron chi connectivity index (χ3n) is 3.26. The highest BCUT2D eigenvalue weighted by Gasteiger charge is 2.05. The van der Waals surface area contributed by atoms with Crippen molar-refractivity contribution in [2.45, 2.75) is 32.9 Å². The molecule has 1 aromatic carbocycles. The van der Waals surface area contributed by atoms with E-state index >= 15 is 0 Å². The Labute approximate surface area is 129 Å². The van der Waals surface area contributed by atoms with Crippen LogP contribution in [0.2, 0.25) is 0 Å². The molecule has 21 heavy (non-hydrogen) atoms. The number of rotatable bonds is 5. The van der Waals surface area contributed by atoms with Crippen molar-refractivity contribution in [3.8, 4) is 0 Å². The molecule has 0 aliphatic rings. The van der Waals surface area contributed by atoms with Crippen LogP contribution in [0.25, 0.3) is 10.2 Å². The lowest BCUT2D eigenvalue weighted by atomic mass is 10.1. The van der Waals surface area contributed by atoms with E-state index in [1.54, 1.807) is 11.3 Å². The first kappa shape index (κ1) is 14.2. The van der Waals surface area contributed by atoms with E-state index < -0.39 is 0 Å². The number of benzene rings is 1. The number of nitrogens with one attached hydrogen (secondary N) is 1. The summed E-state index contributed by atoms with van der Waals surface area (Å²) in [5.41, 5.74) is 3.53. The van der Waals surface area contributed by atoms with Crippen molar-refractivity contribution in [3.63, 3.8) is 0 Å². The molecule has 0 radical (unpaired) electrons. The number of nitrogens with zero attached hydrogens (tertiary/aromatic N) is 2. The summed E-state index contributed by atoms with van der Waals surface area (Å²) < 4.78 is 1.25. The van der Waals surface area contributed by atoms with Crippen molar-refractivity contribution >= 4 is 21.6 Å². The molecule has 0 saturated heterocycles.